The predicted molar refractivity (Wildman–Crippen MR) is 30.9 cm³/mol. The Bertz CT molecular complexity index is 63.4. The molecule has 0 saturated carbocycles. The van der Waals surface area contributed by atoms with Gasteiger partial charge < -0.3 is 4.74 Å². The van der Waals surface area contributed by atoms with Crippen molar-refractivity contribution in [3.8, 4) is 0 Å². The Labute approximate surface area is 49.2 Å². The summed E-state index contributed by atoms with van der Waals surface area (Å²) >= 11 is 0. The molecule has 0 spiro atoms. The van der Waals surface area contributed by atoms with E-state index in [2.05, 4.69) is 10.2 Å². The highest BCUT2D eigenvalue weighted by Gasteiger charge is 1.68. The van der Waals surface area contributed by atoms with Crippen molar-refractivity contribution in [3.63, 3.8) is 0 Å². The standard InChI is InChI=1S/C5H11NO2/c1-3-8-6-4-5-7-2/h4-6H,3H2,1-2H3. The van der Waals surface area contributed by atoms with Crippen molar-refractivity contribution >= 4 is 0 Å². The Morgan fingerprint density at radius 1 is 1.62 bits per heavy atom. The van der Waals surface area contributed by atoms with E-state index in [0.29, 0.717) is 6.61 Å². The first kappa shape index (κ1) is 7.30. The topological polar surface area (TPSA) is 30.5 Å². The van der Waals surface area contributed by atoms with Gasteiger partial charge in [0, 0.05) is 0 Å². The molecule has 0 aromatic carbocycles. The van der Waals surface area contributed by atoms with Crippen LogP contribution >= 0.6 is 0 Å². The van der Waals surface area contributed by atoms with Gasteiger partial charge in [-0.05, 0) is 6.92 Å². The molecule has 0 amide bonds. The summed E-state index contributed by atoms with van der Waals surface area (Å²) in [7, 11) is 1.57. The Balaban J connectivity index is 2.80. The van der Waals surface area contributed by atoms with E-state index in [4.69, 9.17) is 4.84 Å². The van der Waals surface area contributed by atoms with E-state index >= 15 is 0 Å². The number of hydroxylamine groups is 1. The molecule has 1 N–H and O–H groups in total. The van der Waals surface area contributed by atoms with Crippen LogP contribution in [0.1, 0.15) is 6.92 Å². The van der Waals surface area contributed by atoms with Crippen molar-refractivity contribution in [1.82, 2.24) is 5.48 Å². The van der Waals surface area contributed by atoms with Gasteiger partial charge in [-0.2, -0.15) is 0 Å². The van der Waals surface area contributed by atoms with Crippen LogP contribution in [0.5, 0.6) is 0 Å². The maximum Gasteiger partial charge on any atom is 0.100 e. The molecular weight excluding hydrogens is 106 g/mol. The molecule has 8 heavy (non-hydrogen) atoms. The molecule has 0 radical (unpaired) electrons. The van der Waals surface area contributed by atoms with E-state index < -0.39 is 0 Å². The summed E-state index contributed by atoms with van der Waals surface area (Å²) in [4.78, 5) is 4.72. The third kappa shape index (κ3) is 5.30. The molecule has 0 fully saturated rings. The third-order valence-electron chi connectivity index (χ3n) is 0.500. The zero-order chi connectivity index (χ0) is 6.24. The lowest BCUT2D eigenvalue weighted by Crippen LogP contribution is -2.04. The van der Waals surface area contributed by atoms with Gasteiger partial charge in [0.05, 0.1) is 19.9 Å². The second-order valence-electron chi connectivity index (χ2n) is 1.09. The summed E-state index contributed by atoms with van der Waals surface area (Å²) in [5.41, 5.74) is 2.53. The normalized spacial score (nSPS) is 9.75. The van der Waals surface area contributed by atoms with Crippen molar-refractivity contribution in [1.29, 1.82) is 0 Å². The molecule has 0 heterocycles. The number of ether oxygens (including phenoxy) is 1. The minimum absolute atomic E-state index is 0.647. The van der Waals surface area contributed by atoms with Crippen molar-refractivity contribution in [2.45, 2.75) is 6.92 Å². The van der Waals surface area contributed by atoms with Crippen LogP contribution in [-0.2, 0) is 9.57 Å². The Morgan fingerprint density at radius 2 is 2.38 bits per heavy atom. The highest BCUT2D eigenvalue weighted by Crippen LogP contribution is 1.67. The maximum absolute atomic E-state index is 4.72. The SMILES string of the molecule is CCONC=COC. The minimum Gasteiger partial charge on any atom is -0.503 e. The third-order valence-corrected chi connectivity index (χ3v) is 0.500. The molecule has 48 valence electrons. The molecule has 0 aromatic rings. The number of rotatable bonds is 4. The highest BCUT2D eigenvalue weighted by molar-refractivity contribution is 4.63. The Kier molecular flexibility index (Phi) is 5.75. The summed E-state index contributed by atoms with van der Waals surface area (Å²) in [5, 5.41) is 0. The highest BCUT2D eigenvalue weighted by atomic mass is 16.6. The smallest absolute Gasteiger partial charge is 0.100 e. The van der Waals surface area contributed by atoms with Gasteiger partial charge in [-0.15, -0.1) is 0 Å². The lowest BCUT2D eigenvalue weighted by molar-refractivity contribution is 0.0804. The molecule has 0 aliphatic carbocycles. The van der Waals surface area contributed by atoms with Gasteiger partial charge in [0.15, 0.2) is 0 Å². The first-order valence-corrected chi connectivity index (χ1v) is 2.47. The lowest BCUT2D eigenvalue weighted by atomic mass is 10.9. The lowest BCUT2D eigenvalue weighted by Gasteiger charge is -1.94. The minimum atomic E-state index is 0.647. The molecule has 0 aliphatic rings. The van der Waals surface area contributed by atoms with Crippen LogP contribution in [0.15, 0.2) is 12.5 Å². The van der Waals surface area contributed by atoms with Gasteiger partial charge in [0.1, 0.15) is 6.26 Å². The van der Waals surface area contributed by atoms with E-state index in [1.54, 1.807) is 13.3 Å². The zero-order valence-corrected chi connectivity index (χ0v) is 5.18. The number of methoxy groups -OCH3 is 1. The van der Waals surface area contributed by atoms with Gasteiger partial charge in [0.25, 0.3) is 0 Å². The van der Waals surface area contributed by atoms with E-state index in [-0.39, 0.29) is 0 Å². The summed E-state index contributed by atoms with van der Waals surface area (Å²) in [6.45, 7) is 2.54. The maximum atomic E-state index is 4.72. The van der Waals surface area contributed by atoms with E-state index in [9.17, 15) is 0 Å². The average molecular weight is 117 g/mol. The second kappa shape index (κ2) is 6.30. The van der Waals surface area contributed by atoms with E-state index in [0.717, 1.165) is 0 Å². The molecule has 3 nitrogen and oxygen atoms in total. The summed E-state index contributed by atoms with van der Waals surface area (Å²) in [6, 6.07) is 0. The van der Waals surface area contributed by atoms with Crippen molar-refractivity contribution < 1.29 is 9.57 Å². The molecule has 0 aromatic heterocycles. The second-order valence-corrected chi connectivity index (χ2v) is 1.09. The van der Waals surface area contributed by atoms with Crippen molar-refractivity contribution in [2.24, 2.45) is 0 Å². The van der Waals surface area contributed by atoms with Gasteiger partial charge in [-0.1, -0.05) is 0 Å². The Hall–Kier alpha value is -0.700. The van der Waals surface area contributed by atoms with Gasteiger partial charge >= 0.3 is 0 Å². The van der Waals surface area contributed by atoms with Crippen LogP contribution in [0.3, 0.4) is 0 Å². The fourth-order valence-electron chi connectivity index (χ4n) is 0.227. The Morgan fingerprint density at radius 3 is 2.88 bits per heavy atom. The predicted octanol–water partition coefficient (Wildman–Crippen LogP) is 0.645. The molecule has 0 atom stereocenters. The number of hydrogen-bond donors (Lipinski definition) is 1. The van der Waals surface area contributed by atoms with Crippen molar-refractivity contribution in [2.75, 3.05) is 13.7 Å². The van der Waals surface area contributed by atoms with E-state index in [1.165, 1.54) is 6.26 Å². The fourth-order valence-corrected chi connectivity index (χ4v) is 0.227. The van der Waals surface area contributed by atoms with Crippen molar-refractivity contribution in [3.05, 3.63) is 12.5 Å². The van der Waals surface area contributed by atoms with Crippen LogP contribution in [0.25, 0.3) is 0 Å². The molecule has 0 bridgehead atoms. The van der Waals surface area contributed by atoms with Gasteiger partial charge in [-0.25, -0.2) is 0 Å². The van der Waals surface area contributed by atoms with Crippen LogP contribution in [0.4, 0.5) is 0 Å². The largest absolute Gasteiger partial charge is 0.503 e. The van der Waals surface area contributed by atoms with Gasteiger partial charge in [0.2, 0.25) is 0 Å². The van der Waals surface area contributed by atoms with Crippen LogP contribution < -0.4 is 5.48 Å². The molecule has 0 aliphatic heterocycles. The van der Waals surface area contributed by atoms with Crippen LogP contribution in [0.2, 0.25) is 0 Å². The summed E-state index contributed by atoms with van der Waals surface area (Å²) < 4.78 is 4.57. The number of hydrogen-bond acceptors (Lipinski definition) is 3. The summed E-state index contributed by atoms with van der Waals surface area (Å²) in [6.07, 6.45) is 3.07. The van der Waals surface area contributed by atoms with Crippen LogP contribution in [0, 0.1) is 0 Å². The fraction of sp³-hybridized carbons (Fsp3) is 0.600. The van der Waals surface area contributed by atoms with Gasteiger partial charge in [-0.3, -0.25) is 10.3 Å². The summed E-state index contributed by atoms with van der Waals surface area (Å²) in [5.74, 6) is 0. The number of nitrogens with one attached hydrogen (secondary N) is 1. The first-order valence-electron chi connectivity index (χ1n) is 2.47. The molecule has 0 saturated heterocycles. The first-order chi connectivity index (χ1) is 3.91. The van der Waals surface area contributed by atoms with Crippen LogP contribution in [-0.4, -0.2) is 13.7 Å². The monoisotopic (exact) mass is 117 g/mol. The molecular formula is C5H11NO2. The molecule has 0 unspecified atom stereocenters. The molecule has 0 rings (SSSR count). The zero-order valence-electron chi connectivity index (χ0n) is 5.18. The quantitative estimate of drug-likeness (QED) is 0.333. The molecule has 3 heteroatoms. The average Bonchev–Trinajstić information content (AvgIpc) is 1.81. The van der Waals surface area contributed by atoms with E-state index in [1.807, 2.05) is 6.92 Å².